The maximum Gasteiger partial charge on any atom is 0.0848 e. The van der Waals surface area contributed by atoms with Gasteiger partial charge in [-0.2, -0.15) is 0 Å². The largest absolute Gasteiger partial charge is 0.388 e. The number of aliphatic hydroxyl groups is 1. The van der Waals surface area contributed by atoms with Crippen molar-refractivity contribution in [3.63, 3.8) is 0 Å². The van der Waals surface area contributed by atoms with Gasteiger partial charge in [0, 0.05) is 19.7 Å². The number of hydrogen-bond donors (Lipinski definition) is 2. The monoisotopic (exact) mass is 211 g/mol. The van der Waals surface area contributed by atoms with Crippen LogP contribution in [0, 0.1) is 0 Å². The van der Waals surface area contributed by atoms with Gasteiger partial charge in [0.25, 0.3) is 0 Å². The lowest BCUT2D eigenvalue weighted by molar-refractivity contribution is 0.0113. The summed E-state index contributed by atoms with van der Waals surface area (Å²) in [6.45, 7) is 2.57. The lowest BCUT2D eigenvalue weighted by atomic mass is 9.99. The number of rotatable bonds is 3. The topological polar surface area (TPSA) is 41.5 Å². The molecule has 2 unspecified atom stereocenters. The molecule has 0 aliphatic carbocycles. The van der Waals surface area contributed by atoms with Crippen molar-refractivity contribution in [2.24, 2.45) is 0 Å². The summed E-state index contributed by atoms with van der Waals surface area (Å²) >= 11 is 0. The Hall–Kier alpha value is -0.380. The Labute approximate surface area is 91.5 Å². The zero-order chi connectivity index (χ0) is 10.5. The van der Waals surface area contributed by atoms with Gasteiger partial charge >= 0.3 is 0 Å². The lowest BCUT2D eigenvalue weighted by Gasteiger charge is -2.24. The van der Waals surface area contributed by atoms with E-state index in [1.807, 2.05) is 6.08 Å². The van der Waals surface area contributed by atoms with E-state index in [1.54, 1.807) is 0 Å². The van der Waals surface area contributed by atoms with Crippen LogP contribution >= 0.6 is 0 Å². The highest BCUT2D eigenvalue weighted by atomic mass is 16.5. The first kappa shape index (κ1) is 11.1. The Morgan fingerprint density at radius 2 is 2.40 bits per heavy atom. The first-order valence-electron chi connectivity index (χ1n) is 6.04. The molecule has 2 aliphatic heterocycles. The van der Waals surface area contributed by atoms with Gasteiger partial charge in [0.05, 0.1) is 12.2 Å². The molecule has 3 heteroatoms. The molecule has 0 aromatic carbocycles. The second kappa shape index (κ2) is 5.64. The number of hydrogen-bond acceptors (Lipinski definition) is 3. The molecule has 0 aromatic heterocycles. The van der Waals surface area contributed by atoms with Crippen molar-refractivity contribution in [3.8, 4) is 0 Å². The third-order valence-corrected chi connectivity index (χ3v) is 3.20. The Bertz CT molecular complexity index is 222. The van der Waals surface area contributed by atoms with Gasteiger partial charge < -0.3 is 15.2 Å². The summed E-state index contributed by atoms with van der Waals surface area (Å²) < 4.78 is 5.69. The van der Waals surface area contributed by atoms with Gasteiger partial charge in [-0.1, -0.05) is 11.6 Å². The fourth-order valence-corrected chi connectivity index (χ4v) is 2.32. The number of β-amino-alcohol motifs (C(OH)–C–C–N with tert-alkyl or cyclic N) is 1. The summed E-state index contributed by atoms with van der Waals surface area (Å²) in [5.74, 6) is 0. The van der Waals surface area contributed by atoms with Crippen molar-refractivity contribution < 1.29 is 9.84 Å². The first-order valence-corrected chi connectivity index (χ1v) is 6.04. The van der Waals surface area contributed by atoms with E-state index in [-0.39, 0.29) is 6.10 Å². The molecule has 0 spiro atoms. The molecule has 15 heavy (non-hydrogen) atoms. The van der Waals surface area contributed by atoms with Gasteiger partial charge in [-0.05, 0) is 32.1 Å². The van der Waals surface area contributed by atoms with Crippen LogP contribution in [0.4, 0.5) is 0 Å². The summed E-state index contributed by atoms with van der Waals surface area (Å²) in [5, 5.41) is 12.7. The van der Waals surface area contributed by atoms with Gasteiger partial charge in [0.15, 0.2) is 0 Å². The van der Waals surface area contributed by atoms with Crippen LogP contribution in [0.3, 0.4) is 0 Å². The second-order valence-corrected chi connectivity index (χ2v) is 4.55. The van der Waals surface area contributed by atoms with Crippen molar-refractivity contribution in [3.05, 3.63) is 11.6 Å². The van der Waals surface area contributed by atoms with Crippen LogP contribution in [0.5, 0.6) is 0 Å². The van der Waals surface area contributed by atoms with E-state index in [0.717, 1.165) is 26.0 Å². The van der Waals surface area contributed by atoms with E-state index in [4.69, 9.17) is 4.74 Å². The Morgan fingerprint density at radius 3 is 3.13 bits per heavy atom. The molecule has 2 aliphatic rings. The van der Waals surface area contributed by atoms with Crippen molar-refractivity contribution in [2.45, 2.75) is 44.3 Å². The van der Waals surface area contributed by atoms with Crippen LogP contribution in [-0.4, -0.2) is 37.0 Å². The Morgan fingerprint density at radius 1 is 1.47 bits per heavy atom. The predicted molar refractivity (Wildman–Crippen MR) is 59.8 cm³/mol. The molecule has 1 saturated heterocycles. The van der Waals surface area contributed by atoms with Crippen LogP contribution in [0.15, 0.2) is 11.6 Å². The molecule has 1 fully saturated rings. The minimum absolute atomic E-state index is 0.291. The van der Waals surface area contributed by atoms with Crippen molar-refractivity contribution >= 4 is 0 Å². The molecule has 2 rings (SSSR count). The summed E-state index contributed by atoms with van der Waals surface area (Å²) in [4.78, 5) is 0. The highest BCUT2D eigenvalue weighted by Crippen LogP contribution is 2.19. The Balaban J connectivity index is 1.72. The van der Waals surface area contributed by atoms with E-state index >= 15 is 0 Å². The standard InChI is InChI=1S/C12H21NO2/c14-11-7-10(8-13-9-11)4-5-12-3-1-2-6-15-12/h7,11-14H,1-6,8-9H2. The first-order chi connectivity index (χ1) is 7.34. The number of nitrogens with one attached hydrogen (secondary N) is 1. The number of ether oxygens (including phenoxy) is 1. The smallest absolute Gasteiger partial charge is 0.0848 e. The van der Waals surface area contributed by atoms with E-state index in [2.05, 4.69) is 5.32 Å². The molecule has 86 valence electrons. The molecule has 0 radical (unpaired) electrons. The van der Waals surface area contributed by atoms with Gasteiger partial charge in [0.1, 0.15) is 0 Å². The predicted octanol–water partition coefficient (Wildman–Crippen LogP) is 1.23. The van der Waals surface area contributed by atoms with E-state index in [9.17, 15) is 5.11 Å². The normalized spacial score (nSPS) is 32.5. The molecule has 2 atom stereocenters. The van der Waals surface area contributed by atoms with Crippen LogP contribution in [0.25, 0.3) is 0 Å². The van der Waals surface area contributed by atoms with Crippen LogP contribution in [0.1, 0.15) is 32.1 Å². The fourth-order valence-electron chi connectivity index (χ4n) is 2.32. The zero-order valence-corrected chi connectivity index (χ0v) is 9.24. The summed E-state index contributed by atoms with van der Waals surface area (Å²) in [7, 11) is 0. The van der Waals surface area contributed by atoms with Crippen LogP contribution in [0.2, 0.25) is 0 Å². The average Bonchev–Trinajstić information content (AvgIpc) is 2.28. The van der Waals surface area contributed by atoms with Gasteiger partial charge in [0.2, 0.25) is 0 Å². The molecule has 0 aromatic rings. The van der Waals surface area contributed by atoms with E-state index in [0.29, 0.717) is 12.6 Å². The summed E-state index contributed by atoms with van der Waals surface area (Å²) in [6, 6.07) is 0. The SMILES string of the molecule is OC1C=C(CCC2CCCCO2)CNC1. The average molecular weight is 211 g/mol. The molecular weight excluding hydrogens is 190 g/mol. The van der Waals surface area contributed by atoms with Gasteiger partial charge in [-0.25, -0.2) is 0 Å². The highest BCUT2D eigenvalue weighted by Gasteiger charge is 2.15. The minimum atomic E-state index is -0.291. The quantitative estimate of drug-likeness (QED) is 0.690. The number of aliphatic hydroxyl groups excluding tert-OH is 1. The van der Waals surface area contributed by atoms with E-state index < -0.39 is 0 Å². The van der Waals surface area contributed by atoms with Crippen molar-refractivity contribution in [1.29, 1.82) is 0 Å². The summed E-state index contributed by atoms with van der Waals surface area (Å²) in [6.07, 6.45) is 8.08. The van der Waals surface area contributed by atoms with Crippen molar-refractivity contribution in [2.75, 3.05) is 19.7 Å². The molecule has 3 nitrogen and oxygen atoms in total. The lowest BCUT2D eigenvalue weighted by Crippen LogP contribution is -2.32. The molecule has 2 N–H and O–H groups in total. The maximum absolute atomic E-state index is 9.45. The zero-order valence-electron chi connectivity index (χ0n) is 9.24. The summed E-state index contributed by atoms with van der Waals surface area (Å²) in [5.41, 5.74) is 1.34. The maximum atomic E-state index is 9.45. The highest BCUT2D eigenvalue weighted by molar-refractivity contribution is 5.11. The molecule has 0 saturated carbocycles. The van der Waals surface area contributed by atoms with Crippen LogP contribution in [-0.2, 0) is 4.74 Å². The third-order valence-electron chi connectivity index (χ3n) is 3.20. The van der Waals surface area contributed by atoms with Crippen LogP contribution < -0.4 is 5.32 Å². The fraction of sp³-hybridized carbons (Fsp3) is 0.833. The van der Waals surface area contributed by atoms with Gasteiger partial charge in [-0.3, -0.25) is 0 Å². The van der Waals surface area contributed by atoms with Crippen molar-refractivity contribution in [1.82, 2.24) is 5.32 Å². The Kier molecular flexibility index (Phi) is 4.18. The van der Waals surface area contributed by atoms with Gasteiger partial charge in [-0.15, -0.1) is 0 Å². The van der Waals surface area contributed by atoms with E-state index in [1.165, 1.54) is 24.8 Å². The third kappa shape index (κ3) is 3.59. The molecule has 0 bridgehead atoms. The molecule has 2 heterocycles. The molecule has 0 amide bonds. The second-order valence-electron chi connectivity index (χ2n) is 4.55. The minimum Gasteiger partial charge on any atom is -0.388 e. The molecular formula is C12H21NO2.